The first kappa shape index (κ1) is 11.8. The van der Waals surface area contributed by atoms with E-state index in [9.17, 15) is 0 Å². The molecule has 1 saturated carbocycles. The summed E-state index contributed by atoms with van der Waals surface area (Å²) < 4.78 is 2.22. The first-order valence-corrected chi connectivity index (χ1v) is 6.95. The lowest BCUT2D eigenvalue weighted by atomic mass is 9.77. The average Bonchev–Trinajstić information content (AvgIpc) is 2.68. The van der Waals surface area contributed by atoms with E-state index in [-0.39, 0.29) is 5.54 Å². The first-order valence-electron chi connectivity index (χ1n) is 6.95. The van der Waals surface area contributed by atoms with Crippen LogP contribution in [0.5, 0.6) is 0 Å². The van der Waals surface area contributed by atoms with Crippen molar-refractivity contribution in [2.24, 2.45) is 12.8 Å². The SMILES string of the molecule is Cc1ccc2c(C3(N)CCCCC3)cn(C)c2c1. The highest BCUT2D eigenvalue weighted by molar-refractivity contribution is 5.85. The fourth-order valence-electron chi connectivity index (χ4n) is 3.34. The van der Waals surface area contributed by atoms with Gasteiger partial charge >= 0.3 is 0 Å². The van der Waals surface area contributed by atoms with Crippen molar-refractivity contribution < 1.29 is 0 Å². The van der Waals surface area contributed by atoms with E-state index in [4.69, 9.17) is 5.73 Å². The van der Waals surface area contributed by atoms with E-state index in [0.717, 1.165) is 12.8 Å². The van der Waals surface area contributed by atoms with Crippen LogP contribution in [0.1, 0.15) is 43.2 Å². The van der Waals surface area contributed by atoms with Crippen LogP contribution in [0.25, 0.3) is 10.9 Å². The second-order valence-corrected chi connectivity index (χ2v) is 5.89. The van der Waals surface area contributed by atoms with E-state index in [1.165, 1.54) is 41.3 Å². The molecule has 1 aromatic heterocycles. The zero-order valence-electron chi connectivity index (χ0n) is 11.4. The average molecular weight is 242 g/mol. The van der Waals surface area contributed by atoms with Crippen molar-refractivity contribution in [3.63, 3.8) is 0 Å². The lowest BCUT2D eigenvalue weighted by Gasteiger charge is -2.33. The number of aromatic nitrogens is 1. The zero-order chi connectivity index (χ0) is 12.8. The molecule has 0 aliphatic heterocycles. The van der Waals surface area contributed by atoms with Gasteiger partial charge in [0.05, 0.1) is 0 Å². The molecule has 1 heterocycles. The van der Waals surface area contributed by atoms with Crippen LogP contribution >= 0.6 is 0 Å². The predicted octanol–water partition coefficient (Wildman–Crippen LogP) is 3.60. The lowest BCUT2D eigenvalue weighted by molar-refractivity contribution is 0.304. The molecule has 1 aromatic carbocycles. The van der Waals surface area contributed by atoms with E-state index in [1.807, 2.05) is 0 Å². The van der Waals surface area contributed by atoms with Gasteiger partial charge < -0.3 is 10.3 Å². The van der Waals surface area contributed by atoms with Crippen LogP contribution in [0, 0.1) is 6.92 Å². The summed E-state index contributed by atoms with van der Waals surface area (Å²) in [5, 5.41) is 1.34. The number of rotatable bonds is 1. The Morgan fingerprint density at radius 1 is 1.17 bits per heavy atom. The van der Waals surface area contributed by atoms with Crippen LogP contribution in [-0.4, -0.2) is 4.57 Å². The second kappa shape index (κ2) is 4.13. The molecular formula is C16H22N2. The Bertz CT molecular complexity index is 574. The number of hydrogen-bond acceptors (Lipinski definition) is 1. The molecule has 0 unspecified atom stereocenters. The Balaban J connectivity index is 2.17. The Kier molecular flexibility index (Phi) is 2.70. The largest absolute Gasteiger partial charge is 0.350 e. The maximum atomic E-state index is 6.68. The van der Waals surface area contributed by atoms with Gasteiger partial charge in [-0.1, -0.05) is 31.4 Å². The van der Waals surface area contributed by atoms with Gasteiger partial charge in [0.25, 0.3) is 0 Å². The molecule has 0 radical (unpaired) electrons. The molecule has 2 N–H and O–H groups in total. The van der Waals surface area contributed by atoms with Gasteiger partial charge in [-0.25, -0.2) is 0 Å². The number of nitrogens with two attached hydrogens (primary N) is 1. The lowest BCUT2D eigenvalue weighted by Crippen LogP contribution is -2.38. The van der Waals surface area contributed by atoms with Crippen LogP contribution in [-0.2, 0) is 12.6 Å². The quantitative estimate of drug-likeness (QED) is 0.813. The third kappa shape index (κ3) is 1.76. The molecular weight excluding hydrogens is 220 g/mol. The Morgan fingerprint density at radius 3 is 2.61 bits per heavy atom. The van der Waals surface area contributed by atoms with Gasteiger partial charge in [0.2, 0.25) is 0 Å². The molecule has 0 atom stereocenters. The minimum atomic E-state index is -0.104. The summed E-state index contributed by atoms with van der Waals surface area (Å²) in [6.07, 6.45) is 8.36. The third-order valence-corrected chi connectivity index (χ3v) is 4.43. The van der Waals surface area contributed by atoms with Gasteiger partial charge in [0.1, 0.15) is 0 Å². The molecule has 2 nitrogen and oxygen atoms in total. The van der Waals surface area contributed by atoms with Crippen molar-refractivity contribution in [3.8, 4) is 0 Å². The highest BCUT2D eigenvalue weighted by atomic mass is 14.9. The van der Waals surface area contributed by atoms with Gasteiger partial charge in [-0.15, -0.1) is 0 Å². The highest BCUT2D eigenvalue weighted by Crippen LogP contribution is 2.38. The van der Waals surface area contributed by atoms with Crippen LogP contribution < -0.4 is 5.73 Å². The van der Waals surface area contributed by atoms with Crippen LogP contribution in [0.3, 0.4) is 0 Å². The van der Waals surface area contributed by atoms with Crippen molar-refractivity contribution in [2.45, 2.75) is 44.6 Å². The van der Waals surface area contributed by atoms with Gasteiger partial charge in [-0.3, -0.25) is 0 Å². The smallest absolute Gasteiger partial charge is 0.0483 e. The monoisotopic (exact) mass is 242 g/mol. The summed E-state index contributed by atoms with van der Waals surface area (Å²) in [6.45, 7) is 2.14. The van der Waals surface area contributed by atoms with Crippen LogP contribution in [0.15, 0.2) is 24.4 Å². The summed E-state index contributed by atoms with van der Waals surface area (Å²) in [4.78, 5) is 0. The maximum absolute atomic E-state index is 6.68. The predicted molar refractivity (Wildman–Crippen MR) is 76.6 cm³/mol. The van der Waals surface area contributed by atoms with E-state index >= 15 is 0 Å². The zero-order valence-corrected chi connectivity index (χ0v) is 11.4. The molecule has 0 bridgehead atoms. The molecule has 0 amide bonds. The van der Waals surface area contributed by atoms with E-state index < -0.39 is 0 Å². The number of fused-ring (bicyclic) bond motifs is 1. The molecule has 0 spiro atoms. The Labute approximate surface area is 109 Å². The topological polar surface area (TPSA) is 30.9 Å². The highest BCUT2D eigenvalue weighted by Gasteiger charge is 2.31. The third-order valence-electron chi connectivity index (χ3n) is 4.43. The first-order chi connectivity index (χ1) is 8.60. The second-order valence-electron chi connectivity index (χ2n) is 5.89. The molecule has 96 valence electrons. The molecule has 18 heavy (non-hydrogen) atoms. The van der Waals surface area contributed by atoms with Gasteiger partial charge in [0, 0.05) is 29.7 Å². The summed E-state index contributed by atoms with van der Waals surface area (Å²) in [5.74, 6) is 0. The molecule has 1 aliphatic rings. The van der Waals surface area contributed by atoms with Crippen molar-refractivity contribution >= 4 is 10.9 Å². The van der Waals surface area contributed by atoms with Crippen LogP contribution in [0.2, 0.25) is 0 Å². The van der Waals surface area contributed by atoms with Crippen molar-refractivity contribution in [1.82, 2.24) is 4.57 Å². The molecule has 2 aromatic rings. The fourth-order valence-corrected chi connectivity index (χ4v) is 3.34. The molecule has 1 fully saturated rings. The fraction of sp³-hybridized carbons (Fsp3) is 0.500. The summed E-state index contributed by atoms with van der Waals surface area (Å²) in [5.41, 5.74) is 10.5. The number of nitrogens with zero attached hydrogens (tertiary/aromatic N) is 1. The summed E-state index contributed by atoms with van der Waals surface area (Å²) >= 11 is 0. The van der Waals surface area contributed by atoms with E-state index in [1.54, 1.807) is 0 Å². The number of benzene rings is 1. The standard InChI is InChI=1S/C16H22N2/c1-12-6-7-13-14(11-18(2)15(13)10-12)16(17)8-4-3-5-9-16/h6-7,10-11H,3-5,8-9,17H2,1-2H3. The molecule has 2 heteroatoms. The molecule has 0 saturated heterocycles. The van der Waals surface area contributed by atoms with Gasteiger partial charge in [-0.05, 0) is 37.0 Å². The minimum Gasteiger partial charge on any atom is -0.350 e. The molecule has 3 rings (SSSR count). The summed E-state index contributed by atoms with van der Waals surface area (Å²) in [7, 11) is 2.12. The number of aryl methyl sites for hydroxylation is 2. The van der Waals surface area contributed by atoms with E-state index in [0.29, 0.717) is 0 Å². The normalized spacial score (nSPS) is 19.3. The van der Waals surface area contributed by atoms with Crippen LogP contribution in [0.4, 0.5) is 0 Å². The van der Waals surface area contributed by atoms with Gasteiger partial charge in [0.15, 0.2) is 0 Å². The Hall–Kier alpha value is -1.28. The molecule has 1 aliphatic carbocycles. The van der Waals surface area contributed by atoms with Crippen molar-refractivity contribution in [1.29, 1.82) is 0 Å². The van der Waals surface area contributed by atoms with E-state index in [2.05, 4.69) is 42.9 Å². The van der Waals surface area contributed by atoms with Gasteiger partial charge in [-0.2, -0.15) is 0 Å². The van der Waals surface area contributed by atoms with Crippen molar-refractivity contribution in [2.75, 3.05) is 0 Å². The van der Waals surface area contributed by atoms with Crippen molar-refractivity contribution in [3.05, 3.63) is 35.5 Å². The summed E-state index contributed by atoms with van der Waals surface area (Å²) in [6, 6.07) is 6.69. The number of hydrogen-bond donors (Lipinski definition) is 1. The Morgan fingerprint density at radius 2 is 1.89 bits per heavy atom. The maximum Gasteiger partial charge on any atom is 0.0483 e. The minimum absolute atomic E-state index is 0.104.